The number of fused-ring (bicyclic) bond motifs is 1. The number of benzene rings is 2. The van der Waals surface area contributed by atoms with E-state index in [0.717, 1.165) is 46.8 Å². The second kappa shape index (κ2) is 12.0. The van der Waals surface area contributed by atoms with Crippen molar-refractivity contribution in [2.24, 2.45) is 11.8 Å². The molecule has 214 valence electrons. The fourth-order valence-electron chi connectivity index (χ4n) is 5.57. The topological polar surface area (TPSA) is 67.2 Å². The lowest BCUT2D eigenvalue weighted by molar-refractivity contribution is -0.129. The number of likely N-dealkylation sites (N-methyl/N-ethyl adjacent to an activating group) is 1. The molecule has 2 fully saturated rings. The second-order valence-corrected chi connectivity index (χ2v) is 11.6. The fourth-order valence-corrected chi connectivity index (χ4v) is 5.91. The molecule has 0 unspecified atom stereocenters. The Bertz CT molecular complexity index is 1390. The van der Waals surface area contributed by atoms with E-state index >= 15 is 0 Å². The lowest BCUT2D eigenvalue weighted by Gasteiger charge is -2.36. The molecule has 2 atom stereocenters. The summed E-state index contributed by atoms with van der Waals surface area (Å²) in [5, 5.41) is 1.45. The number of aromatic nitrogens is 1. The van der Waals surface area contributed by atoms with Crippen molar-refractivity contribution < 1.29 is 19.1 Å². The average Bonchev–Trinajstić information content (AvgIpc) is 3.56. The number of carbonyl (C=O) groups is 2. The Labute approximate surface area is 241 Å². The number of hydrogen-bond acceptors (Lipinski definition) is 4. The molecule has 1 aliphatic carbocycles. The Morgan fingerprint density at radius 2 is 1.95 bits per heavy atom. The van der Waals surface area contributed by atoms with Gasteiger partial charge in [-0.1, -0.05) is 30.7 Å². The smallest absolute Gasteiger partial charge is 0.324 e. The summed E-state index contributed by atoms with van der Waals surface area (Å²) in [6.45, 7) is 4.86. The van der Waals surface area contributed by atoms with Crippen LogP contribution in [0.1, 0.15) is 38.2 Å². The fraction of sp³-hybridized carbons (Fsp3) is 0.484. The van der Waals surface area contributed by atoms with E-state index < -0.39 is 0 Å². The molecule has 1 aliphatic heterocycles. The zero-order valence-corrected chi connectivity index (χ0v) is 24.6. The highest BCUT2D eigenvalue weighted by Gasteiger charge is 2.31. The number of urea groups is 1. The number of ether oxygens (including phenoxy) is 2. The largest absolute Gasteiger partial charge is 0.493 e. The Hall–Kier alpha value is -3.39. The molecule has 0 radical (unpaired) electrons. The van der Waals surface area contributed by atoms with Gasteiger partial charge in [0.2, 0.25) is 5.91 Å². The van der Waals surface area contributed by atoms with Gasteiger partial charge in [0.15, 0.2) is 11.5 Å². The maximum absolute atomic E-state index is 13.7. The number of hydrogen-bond donors (Lipinski definition) is 0. The normalized spacial score (nSPS) is 18.8. The van der Waals surface area contributed by atoms with E-state index in [-0.39, 0.29) is 18.5 Å². The first-order chi connectivity index (χ1) is 19.3. The molecule has 1 saturated carbocycles. The molecule has 40 heavy (non-hydrogen) atoms. The van der Waals surface area contributed by atoms with Crippen molar-refractivity contribution in [3.63, 3.8) is 0 Å². The molecular formula is C31H39ClN4O4. The third kappa shape index (κ3) is 6.02. The summed E-state index contributed by atoms with van der Waals surface area (Å²) >= 11 is 6.67. The van der Waals surface area contributed by atoms with Gasteiger partial charge in [-0.2, -0.15) is 0 Å². The maximum atomic E-state index is 13.7. The van der Waals surface area contributed by atoms with Gasteiger partial charge in [0.05, 0.1) is 24.3 Å². The first-order valence-electron chi connectivity index (χ1n) is 14.1. The molecule has 0 bridgehead atoms. The van der Waals surface area contributed by atoms with Crippen LogP contribution in [0.15, 0.2) is 42.6 Å². The van der Waals surface area contributed by atoms with Crippen LogP contribution in [-0.2, 0) is 17.9 Å². The van der Waals surface area contributed by atoms with Gasteiger partial charge < -0.3 is 23.8 Å². The molecule has 2 aliphatic rings. The summed E-state index contributed by atoms with van der Waals surface area (Å²) in [6.07, 6.45) is 6.17. The van der Waals surface area contributed by atoms with Gasteiger partial charge in [0, 0.05) is 57.1 Å². The SMILES string of the molecule is COc1ccc(N2CCCN(Cc3cccc4c3c(Cl)cn4CC(=O)N(C)C)C2=O)cc1OCCC[C@@H]1C[C@@H]1C. The van der Waals surface area contributed by atoms with Crippen LogP contribution >= 0.6 is 11.6 Å². The summed E-state index contributed by atoms with van der Waals surface area (Å²) in [5.74, 6) is 3.01. The maximum Gasteiger partial charge on any atom is 0.324 e. The van der Waals surface area contributed by atoms with Crippen LogP contribution < -0.4 is 14.4 Å². The van der Waals surface area contributed by atoms with Crippen LogP contribution in [0.25, 0.3) is 10.9 Å². The van der Waals surface area contributed by atoms with Crippen LogP contribution in [0, 0.1) is 11.8 Å². The molecule has 0 N–H and O–H groups in total. The Balaban J connectivity index is 1.31. The molecule has 2 heterocycles. The average molecular weight is 567 g/mol. The van der Waals surface area contributed by atoms with Crippen molar-refractivity contribution in [3.05, 3.63) is 53.2 Å². The number of nitrogens with zero attached hydrogens (tertiary/aromatic N) is 4. The predicted molar refractivity (Wildman–Crippen MR) is 158 cm³/mol. The minimum Gasteiger partial charge on any atom is -0.493 e. The molecule has 9 heteroatoms. The van der Waals surface area contributed by atoms with E-state index in [1.807, 2.05) is 50.8 Å². The van der Waals surface area contributed by atoms with E-state index in [2.05, 4.69) is 6.92 Å². The van der Waals surface area contributed by atoms with E-state index in [9.17, 15) is 9.59 Å². The van der Waals surface area contributed by atoms with Gasteiger partial charge in [-0.15, -0.1) is 0 Å². The Kier molecular flexibility index (Phi) is 8.45. The summed E-state index contributed by atoms with van der Waals surface area (Å²) in [5.41, 5.74) is 2.63. The number of carbonyl (C=O) groups excluding carboxylic acids is 2. The highest BCUT2D eigenvalue weighted by Crippen LogP contribution is 2.41. The lowest BCUT2D eigenvalue weighted by Crippen LogP contribution is -2.49. The molecule has 8 nitrogen and oxygen atoms in total. The van der Waals surface area contributed by atoms with Crippen molar-refractivity contribution in [2.45, 2.75) is 45.7 Å². The molecule has 1 aromatic heterocycles. The minimum atomic E-state index is -0.0552. The monoisotopic (exact) mass is 566 g/mol. The Morgan fingerprint density at radius 1 is 1.15 bits per heavy atom. The zero-order valence-electron chi connectivity index (χ0n) is 23.9. The molecular weight excluding hydrogens is 528 g/mol. The van der Waals surface area contributed by atoms with Crippen molar-refractivity contribution >= 4 is 40.1 Å². The van der Waals surface area contributed by atoms with E-state index in [4.69, 9.17) is 21.1 Å². The molecule has 2 aromatic carbocycles. The third-order valence-corrected chi connectivity index (χ3v) is 8.42. The number of rotatable bonds is 11. The summed E-state index contributed by atoms with van der Waals surface area (Å²) in [6, 6.07) is 11.6. The third-order valence-electron chi connectivity index (χ3n) is 8.13. The first-order valence-corrected chi connectivity index (χ1v) is 14.5. The number of halogens is 1. The van der Waals surface area contributed by atoms with Crippen LogP contribution in [0.3, 0.4) is 0 Å². The van der Waals surface area contributed by atoms with Crippen molar-refractivity contribution in [1.82, 2.24) is 14.4 Å². The van der Waals surface area contributed by atoms with Crippen LogP contribution in [0.5, 0.6) is 11.5 Å². The highest BCUT2D eigenvalue weighted by molar-refractivity contribution is 6.36. The second-order valence-electron chi connectivity index (χ2n) is 11.2. The van der Waals surface area contributed by atoms with E-state index in [1.165, 1.54) is 12.8 Å². The first kappa shape index (κ1) is 28.1. The van der Waals surface area contributed by atoms with Crippen molar-refractivity contribution in [1.29, 1.82) is 0 Å². The molecule has 3 amide bonds. The van der Waals surface area contributed by atoms with Gasteiger partial charge in [0.1, 0.15) is 6.54 Å². The standard InChI is InChI=1S/C31H39ClN4O4/c1-21-16-22(21)9-6-15-40-28-17-24(11-12-27(28)39-4)36-14-7-13-34(31(36)38)18-23-8-5-10-26-30(23)25(32)19-35(26)20-29(37)33(2)3/h5,8,10-12,17,19,21-22H,6-7,9,13-16,18,20H2,1-4H3/t21-,22+/m0/s1. The number of methoxy groups -OCH3 is 1. The Morgan fingerprint density at radius 3 is 2.67 bits per heavy atom. The van der Waals surface area contributed by atoms with Crippen LogP contribution in [0.4, 0.5) is 10.5 Å². The van der Waals surface area contributed by atoms with Crippen molar-refractivity contribution in [2.75, 3.05) is 45.8 Å². The number of amides is 3. The van der Waals surface area contributed by atoms with Gasteiger partial charge in [-0.25, -0.2) is 4.79 Å². The zero-order chi connectivity index (χ0) is 28.4. The van der Waals surface area contributed by atoms with Gasteiger partial charge in [-0.3, -0.25) is 9.69 Å². The molecule has 1 saturated heterocycles. The van der Waals surface area contributed by atoms with Gasteiger partial charge in [0.25, 0.3) is 0 Å². The number of anilines is 1. The van der Waals surface area contributed by atoms with Gasteiger partial charge >= 0.3 is 6.03 Å². The molecule has 0 spiro atoms. The van der Waals surface area contributed by atoms with Crippen LogP contribution in [0.2, 0.25) is 5.02 Å². The summed E-state index contributed by atoms with van der Waals surface area (Å²) in [4.78, 5) is 31.3. The highest BCUT2D eigenvalue weighted by atomic mass is 35.5. The molecule has 5 rings (SSSR count). The minimum absolute atomic E-state index is 0.0128. The quantitative estimate of drug-likeness (QED) is 0.265. The van der Waals surface area contributed by atoms with Gasteiger partial charge in [-0.05, 0) is 61.3 Å². The van der Waals surface area contributed by atoms with Crippen molar-refractivity contribution in [3.8, 4) is 11.5 Å². The van der Waals surface area contributed by atoms with E-state index in [1.54, 1.807) is 32.3 Å². The van der Waals surface area contributed by atoms with Crippen LogP contribution in [-0.4, -0.2) is 67.2 Å². The predicted octanol–water partition coefficient (Wildman–Crippen LogP) is 6.04. The molecule has 3 aromatic rings. The summed E-state index contributed by atoms with van der Waals surface area (Å²) in [7, 11) is 5.11. The lowest BCUT2D eigenvalue weighted by atomic mass is 10.1. The van der Waals surface area contributed by atoms with E-state index in [0.29, 0.717) is 42.8 Å². The summed E-state index contributed by atoms with van der Waals surface area (Å²) < 4.78 is 13.5.